The maximum atomic E-state index is 5.42. The number of benzene rings is 8. The van der Waals surface area contributed by atoms with Gasteiger partial charge in [0.1, 0.15) is 0 Å². The van der Waals surface area contributed by atoms with Crippen LogP contribution in [0.25, 0.3) is 89.2 Å². The summed E-state index contributed by atoms with van der Waals surface area (Å²) in [6.45, 7) is 10.6. The lowest BCUT2D eigenvalue weighted by molar-refractivity contribution is 0.795. The van der Waals surface area contributed by atoms with Gasteiger partial charge >= 0.3 is 0 Å². The van der Waals surface area contributed by atoms with E-state index in [1.807, 2.05) is 13.0 Å². The molecule has 9 aromatic rings. The Morgan fingerprint density at radius 3 is 1.66 bits per heavy atom. The Bertz CT molecular complexity index is 3430. The van der Waals surface area contributed by atoms with Gasteiger partial charge in [0.2, 0.25) is 0 Å². The SMILES string of the molecule is C=C/C=C1\C(=C/C)C2(c3ccccc3-c3ccccc32)c2c1cccc2-c1ccc(-c2nc(C(/C=C\C)=C/CC)nc(-c3cc(-c4ccccc4)cc(-c4ccccc4)c3)n2)c2ccccc12. The summed E-state index contributed by atoms with van der Waals surface area (Å²) in [5.74, 6) is 1.89. The van der Waals surface area contributed by atoms with Crippen molar-refractivity contribution in [1.29, 1.82) is 0 Å². The van der Waals surface area contributed by atoms with Gasteiger partial charge in [0, 0.05) is 16.7 Å². The molecule has 67 heavy (non-hydrogen) atoms. The van der Waals surface area contributed by atoms with Gasteiger partial charge in [-0.05, 0) is 133 Å². The summed E-state index contributed by atoms with van der Waals surface area (Å²) in [4.78, 5) is 16.0. The lowest BCUT2D eigenvalue weighted by Gasteiger charge is -2.32. The number of allylic oxidation sites excluding steroid dienone is 9. The summed E-state index contributed by atoms with van der Waals surface area (Å²) in [7, 11) is 0. The van der Waals surface area contributed by atoms with Gasteiger partial charge in [0.25, 0.3) is 0 Å². The van der Waals surface area contributed by atoms with Crippen LogP contribution in [-0.4, -0.2) is 15.0 Å². The molecule has 11 rings (SSSR count). The minimum absolute atomic E-state index is 0.526. The van der Waals surface area contributed by atoms with Crippen molar-refractivity contribution < 1.29 is 0 Å². The molecule has 0 radical (unpaired) electrons. The minimum Gasteiger partial charge on any atom is -0.208 e. The quantitative estimate of drug-likeness (QED) is 0.136. The van der Waals surface area contributed by atoms with Gasteiger partial charge < -0.3 is 0 Å². The molecule has 3 heteroatoms. The molecule has 2 aliphatic carbocycles. The maximum absolute atomic E-state index is 5.42. The number of fused-ring (bicyclic) bond motifs is 8. The average Bonchev–Trinajstić information content (AvgIpc) is 3.85. The molecular formula is C64H49N3. The molecule has 0 fully saturated rings. The fourth-order valence-corrected chi connectivity index (χ4v) is 10.8. The molecule has 0 saturated heterocycles. The Labute approximate surface area is 393 Å². The van der Waals surface area contributed by atoms with Gasteiger partial charge in [-0.1, -0.05) is 208 Å². The highest BCUT2D eigenvalue weighted by molar-refractivity contribution is 6.08. The summed E-state index contributed by atoms with van der Waals surface area (Å²) in [5.41, 5.74) is 19.3. The molecule has 0 unspecified atom stereocenters. The van der Waals surface area contributed by atoms with Crippen molar-refractivity contribution in [3.05, 3.63) is 259 Å². The van der Waals surface area contributed by atoms with Crippen LogP contribution in [0.4, 0.5) is 0 Å². The summed E-state index contributed by atoms with van der Waals surface area (Å²) in [5, 5.41) is 2.20. The van der Waals surface area contributed by atoms with E-state index < -0.39 is 5.41 Å². The first-order valence-corrected chi connectivity index (χ1v) is 23.3. The first kappa shape index (κ1) is 41.4. The summed E-state index contributed by atoms with van der Waals surface area (Å²) in [6.07, 6.45) is 13.6. The molecule has 1 spiro atoms. The van der Waals surface area contributed by atoms with Crippen LogP contribution in [0.5, 0.6) is 0 Å². The van der Waals surface area contributed by atoms with Crippen molar-refractivity contribution in [2.24, 2.45) is 0 Å². The molecule has 3 nitrogen and oxygen atoms in total. The first-order valence-electron chi connectivity index (χ1n) is 23.3. The Morgan fingerprint density at radius 2 is 1.04 bits per heavy atom. The zero-order valence-electron chi connectivity index (χ0n) is 38.0. The molecule has 0 amide bonds. The highest BCUT2D eigenvalue weighted by atomic mass is 15.0. The van der Waals surface area contributed by atoms with E-state index >= 15 is 0 Å². The van der Waals surface area contributed by atoms with Crippen molar-refractivity contribution in [2.45, 2.75) is 32.6 Å². The van der Waals surface area contributed by atoms with Crippen LogP contribution < -0.4 is 0 Å². The summed E-state index contributed by atoms with van der Waals surface area (Å²) >= 11 is 0. The van der Waals surface area contributed by atoms with Gasteiger partial charge in [-0.3, -0.25) is 0 Å². The number of hydrogen-bond donors (Lipinski definition) is 0. The lowest BCUT2D eigenvalue weighted by Crippen LogP contribution is -2.26. The van der Waals surface area contributed by atoms with Crippen LogP contribution in [-0.2, 0) is 5.41 Å². The predicted molar refractivity (Wildman–Crippen MR) is 281 cm³/mol. The van der Waals surface area contributed by atoms with Crippen LogP contribution >= 0.6 is 0 Å². The maximum Gasteiger partial charge on any atom is 0.164 e. The highest BCUT2D eigenvalue weighted by Gasteiger charge is 2.54. The largest absolute Gasteiger partial charge is 0.208 e. The molecule has 8 aromatic carbocycles. The first-order chi connectivity index (χ1) is 33.1. The van der Waals surface area contributed by atoms with Crippen molar-refractivity contribution in [3.8, 4) is 67.3 Å². The zero-order chi connectivity index (χ0) is 45.5. The van der Waals surface area contributed by atoms with Gasteiger partial charge in [-0.2, -0.15) is 0 Å². The van der Waals surface area contributed by atoms with E-state index in [1.165, 1.54) is 50.1 Å². The lowest BCUT2D eigenvalue weighted by atomic mass is 9.68. The normalized spacial score (nSPS) is 14.8. The smallest absolute Gasteiger partial charge is 0.164 e. The van der Waals surface area contributed by atoms with Crippen molar-refractivity contribution in [1.82, 2.24) is 15.0 Å². The van der Waals surface area contributed by atoms with Crippen LogP contribution in [0.2, 0.25) is 0 Å². The number of rotatable bonds is 9. The second-order valence-corrected chi connectivity index (χ2v) is 17.2. The van der Waals surface area contributed by atoms with Crippen LogP contribution in [0.3, 0.4) is 0 Å². The number of nitrogens with zero attached hydrogens (tertiary/aromatic N) is 3. The second kappa shape index (κ2) is 17.3. The van der Waals surface area contributed by atoms with Crippen LogP contribution in [0, 0.1) is 0 Å². The van der Waals surface area contributed by atoms with Crippen molar-refractivity contribution in [2.75, 3.05) is 0 Å². The third-order valence-corrected chi connectivity index (χ3v) is 13.5. The van der Waals surface area contributed by atoms with Crippen molar-refractivity contribution >= 4 is 21.9 Å². The second-order valence-electron chi connectivity index (χ2n) is 17.2. The predicted octanol–water partition coefficient (Wildman–Crippen LogP) is 16.6. The summed E-state index contributed by atoms with van der Waals surface area (Å²) < 4.78 is 0. The zero-order valence-corrected chi connectivity index (χ0v) is 38.0. The fourth-order valence-electron chi connectivity index (χ4n) is 10.8. The molecule has 0 N–H and O–H groups in total. The van der Waals surface area contributed by atoms with E-state index in [1.54, 1.807) is 0 Å². The third-order valence-electron chi connectivity index (χ3n) is 13.5. The Balaban J connectivity index is 1.16. The van der Waals surface area contributed by atoms with E-state index in [0.29, 0.717) is 17.5 Å². The monoisotopic (exact) mass is 859 g/mol. The number of aromatic nitrogens is 3. The molecule has 0 saturated carbocycles. The van der Waals surface area contributed by atoms with Gasteiger partial charge in [0.05, 0.1) is 5.41 Å². The van der Waals surface area contributed by atoms with Gasteiger partial charge in [0.15, 0.2) is 17.5 Å². The third kappa shape index (κ3) is 6.77. The molecule has 0 bridgehead atoms. The fraction of sp³-hybridized carbons (Fsp3) is 0.0781. The molecular weight excluding hydrogens is 811 g/mol. The molecule has 0 atom stereocenters. The molecule has 2 aliphatic rings. The Morgan fingerprint density at radius 1 is 0.507 bits per heavy atom. The molecule has 1 aromatic heterocycles. The van der Waals surface area contributed by atoms with E-state index in [2.05, 4.69) is 233 Å². The standard InChI is InChI=1S/C64H49N3/c1-5-22-44(23-6-2)61-65-62(47-40-45(42-25-11-9-12-26-42)39-46(41-47)43-27-13-10-14-28-43)67-63(66-61)56-38-37-50(48-29-15-16-30-49(48)56)54-33-21-34-55-51(24-7-3)57(8-4)64(60(54)55)58-35-19-17-31-52(58)53-32-18-20-36-59(53)64/h5,7-41H,3,6H2,1-2,4H3/b22-5-,44-23+,51-24-,57-8+. The van der Waals surface area contributed by atoms with E-state index in [9.17, 15) is 0 Å². The summed E-state index contributed by atoms with van der Waals surface area (Å²) in [6, 6.07) is 65.8. The van der Waals surface area contributed by atoms with E-state index in [4.69, 9.17) is 15.0 Å². The van der Waals surface area contributed by atoms with Crippen LogP contribution in [0.15, 0.2) is 231 Å². The van der Waals surface area contributed by atoms with Crippen LogP contribution in [0.1, 0.15) is 55.3 Å². The molecule has 320 valence electrons. The Kier molecular flexibility index (Phi) is 10.7. The topological polar surface area (TPSA) is 38.7 Å². The highest BCUT2D eigenvalue weighted by Crippen LogP contribution is 2.65. The number of hydrogen-bond acceptors (Lipinski definition) is 3. The Hall–Kier alpha value is -8.27. The molecule has 1 heterocycles. The van der Waals surface area contributed by atoms with Gasteiger partial charge in [-0.15, -0.1) is 0 Å². The van der Waals surface area contributed by atoms with Crippen molar-refractivity contribution in [3.63, 3.8) is 0 Å². The minimum atomic E-state index is -0.526. The molecule has 0 aliphatic heterocycles. The average molecular weight is 860 g/mol. The van der Waals surface area contributed by atoms with Gasteiger partial charge in [-0.25, -0.2) is 15.0 Å². The van der Waals surface area contributed by atoms with E-state index in [-0.39, 0.29) is 0 Å². The van der Waals surface area contributed by atoms with E-state index in [0.717, 1.165) is 61.7 Å².